The highest BCUT2D eigenvalue weighted by molar-refractivity contribution is 5.72. The van der Waals surface area contributed by atoms with Crippen molar-refractivity contribution in [3.05, 3.63) is 17.8 Å². The van der Waals surface area contributed by atoms with Crippen molar-refractivity contribution in [2.45, 2.75) is 6.92 Å². The second-order valence-corrected chi connectivity index (χ2v) is 1.37. The largest absolute Gasteiger partial charge is 0.440 e. The number of nitrogens with zero attached hydrogens (tertiary/aromatic N) is 1. The van der Waals surface area contributed by atoms with Gasteiger partial charge in [0, 0.05) is 0 Å². The molecule has 0 spiro atoms. The Labute approximate surface area is 46.3 Å². The molecule has 3 nitrogen and oxygen atoms in total. The number of oxazole rings is 1. The van der Waals surface area contributed by atoms with E-state index in [4.69, 9.17) is 0 Å². The first-order valence-corrected chi connectivity index (χ1v) is 2.13. The van der Waals surface area contributed by atoms with Crippen LogP contribution in [0.1, 0.15) is 11.5 Å². The van der Waals surface area contributed by atoms with E-state index in [0.29, 0.717) is 5.69 Å². The van der Waals surface area contributed by atoms with E-state index in [1.54, 1.807) is 13.2 Å². The van der Waals surface area contributed by atoms with Gasteiger partial charge in [-0.3, -0.25) is 4.79 Å². The van der Waals surface area contributed by atoms with Crippen LogP contribution in [0.5, 0.6) is 0 Å². The lowest BCUT2D eigenvalue weighted by Crippen LogP contribution is -1.78. The fourth-order valence-corrected chi connectivity index (χ4v) is 0.400. The quantitative estimate of drug-likeness (QED) is 0.526. The van der Waals surface area contributed by atoms with E-state index in [1.807, 2.05) is 0 Å². The number of hydrogen-bond donors (Lipinski definition) is 0. The molecule has 0 unspecified atom stereocenters. The first-order valence-electron chi connectivity index (χ1n) is 2.13. The standard InChI is InChI=1S/C5H4NO2/c1-4-5(2-7)8-3-6-4/h3H,1H3. The Bertz CT molecular complexity index is 192. The molecule has 1 aromatic heterocycles. The van der Waals surface area contributed by atoms with E-state index in [2.05, 4.69) is 9.40 Å². The van der Waals surface area contributed by atoms with E-state index in [9.17, 15) is 4.79 Å². The third kappa shape index (κ3) is 0.621. The molecule has 1 radical (unpaired) electrons. The summed E-state index contributed by atoms with van der Waals surface area (Å²) in [5.41, 5.74) is 0.583. The van der Waals surface area contributed by atoms with Gasteiger partial charge in [0.25, 0.3) is 6.29 Å². The van der Waals surface area contributed by atoms with Crippen LogP contribution in [0.3, 0.4) is 0 Å². The molecule has 8 heavy (non-hydrogen) atoms. The van der Waals surface area contributed by atoms with Crippen molar-refractivity contribution in [2.75, 3.05) is 0 Å². The van der Waals surface area contributed by atoms with Crippen molar-refractivity contribution in [1.29, 1.82) is 0 Å². The van der Waals surface area contributed by atoms with Gasteiger partial charge in [0.1, 0.15) is 0 Å². The molecule has 0 aliphatic carbocycles. The lowest BCUT2D eigenvalue weighted by atomic mass is 10.4. The van der Waals surface area contributed by atoms with Crippen LogP contribution in [0.15, 0.2) is 10.8 Å². The molecule has 41 valence electrons. The molecule has 0 saturated heterocycles. The van der Waals surface area contributed by atoms with Gasteiger partial charge in [-0.2, -0.15) is 0 Å². The van der Waals surface area contributed by atoms with Gasteiger partial charge in [-0.1, -0.05) is 0 Å². The third-order valence-electron chi connectivity index (χ3n) is 0.838. The normalized spacial score (nSPS) is 9.12. The summed E-state index contributed by atoms with van der Waals surface area (Å²) in [6, 6.07) is 0. The molecule has 1 aromatic rings. The number of aromatic nitrogens is 1. The molecule has 0 aromatic carbocycles. The third-order valence-corrected chi connectivity index (χ3v) is 0.838. The maximum absolute atomic E-state index is 9.83. The summed E-state index contributed by atoms with van der Waals surface area (Å²) in [6.07, 6.45) is 2.81. The Morgan fingerprint density at radius 1 is 1.88 bits per heavy atom. The number of rotatable bonds is 1. The lowest BCUT2D eigenvalue weighted by Gasteiger charge is -1.74. The van der Waals surface area contributed by atoms with Gasteiger partial charge in [-0.25, -0.2) is 4.98 Å². The van der Waals surface area contributed by atoms with E-state index in [0.717, 1.165) is 0 Å². The number of carbonyl (C=O) groups excluding carboxylic acids is 1. The molecular weight excluding hydrogens is 106 g/mol. The summed E-state index contributed by atoms with van der Waals surface area (Å²) in [6.45, 7) is 1.68. The SMILES string of the molecule is Cc1ncoc1[C]=O. The van der Waals surface area contributed by atoms with Gasteiger partial charge in [-0.05, 0) is 6.92 Å². The van der Waals surface area contributed by atoms with Crippen LogP contribution >= 0.6 is 0 Å². The molecule has 0 atom stereocenters. The zero-order chi connectivity index (χ0) is 5.98. The van der Waals surface area contributed by atoms with Gasteiger partial charge < -0.3 is 4.42 Å². The molecule has 0 aliphatic rings. The first kappa shape index (κ1) is 5.03. The fraction of sp³-hybridized carbons (Fsp3) is 0.200. The van der Waals surface area contributed by atoms with Gasteiger partial charge in [0.2, 0.25) is 5.76 Å². The molecule has 0 fully saturated rings. The summed E-state index contributed by atoms with van der Waals surface area (Å²) in [7, 11) is 0. The molecule has 0 aliphatic heterocycles. The minimum Gasteiger partial charge on any atom is -0.440 e. The lowest BCUT2D eigenvalue weighted by molar-refractivity contribution is 0.513. The Morgan fingerprint density at radius 3 is 2.88 bits per heavy atom. The highest BCUT2D eigenvalue weighted by Crippen LogP contribution is 1.98. The molecular formula is C5H4NO2. The minimum atomic E-state index is 0.185. The predicted octanol–water partition coefficient (Wildman–Crippen LogP) is 0.441. The Balaban J connectivity index is 3.09. The van der Waals surface area contributed by atoms with Gasteiger partial charge in [0.05, 0.1) is 5.69 Å². The van der Waals surface area contributed by atoms with Crippen LogP contribution in [0.2, 0.25) is 0 Å². The number of hydrogen-bond acceptors (Lipinski definition) is 3. The van der Waals surface area contributed by atoms with Crippen molar-refractivity contribution in [3.63, 3.8) is 0 Å². The topological polar surface area (TPSA) is 43.1 Å². The van der Waals surface area contributed by atoms with E-state index >= 15 is 0 Å². The molecule has 0 saturated carbocycles. The van der Waals surface area contributed by atoms with Crippen molar-refractivity contribution < 1.29 is 9.21 Å². The van der Waals surface area contributed by atoms with Crippen molar-refractivity contribution in [1.82, 2.24) is 4.98 Å². The van der Waals surface area contributed by atoms with Crippen LogP contribution in [0.25, 0.3) is 0 Å². The van der Waals surface area contributed by atoms with E-state index in [-0.39, 0.29) is 5.76 Å². The zero-order valence-electron chi connectivity index (χ0n) is 4.34. The molecule has 0 amide bonds. The van der Waals surface area contributed by atoms with Crippen molar-refractivity contribution >= 4 is 6.29 Å². The maximum Gasteiger partial charge on any atom is 0.273 e. The van der Waals surface area contributed by atoms with Gasteiger partial charge in [0.15, 0.2) is 6.39 Å². The second-order valence-electron chi connectivity index (χ2n) is 1.37. The summed E-state index contributed by atoms with van der Waals surface area (Å²) in [5, 5.41) is 0. The van der Waals surface area contributed by atoms with Gasteiger partial charge in [-0.15, -0.1) is 0 Å². The zero-order valence-corrected chi connectivity index (χ0v) is 4.34. The Kier molecular flexibility index (Phi) is 1.12. The predicted molar refractivity (Wildman–Crippen MR) is 26.0 cm³/mol. The van der Waals surface area contributed by atoms with Crippen LogP contribution in [-0.2, 0) is 4.79 Å². The molecule has 0 bridgehead atoms. The summed E-state index contributed by atoms with van der Waals surface area (Å²) >= 11 is 0. The van der Waals surface area contributed by atoms with Crippen molar-refractivity contribution in [3.8, 4) is 0 Å². The van der Waals surface area contributed by atoms with E-state index < -0.39 is 0 Å². The smallest absolute Gasteiger partial charge is 0.273 e. The highest BCUT2D eigenvalue weighted by atomic mass is 16.3. The van der Waals surface area contributed by atoms with E-state index in [1.165, 1.54) is 6.39 Å². The Morgan fingerprint density at radius 2 is 2.62 bits per heavy atom. The second kappa shape index (κ2) is 1.78. The molecule has 3 heteroatoms. The average Bonchev–Trinajstić information content (AvgIpc) is 2.14. The van der Waals surface area contributed by atoms with Crippen molar-refractivity contribution in [2.24, 2.45) is 0 Å². The summed E-state index contributed by atoms with van der Waals surface area (Å²) in [4.78, 5) is 13.5. The van der Waals surface area contributed by atoms with Crippen LogP contribution in [0.4, 0.5) is 0 Å². The minimum absolute atomic E-state index is 0.185. The van der Waals surface area contributed by atoms with Crippen LogP contribution in [-0.4, -0.2) is 11.3 Å². The van der Waals surface area contributed by atoms with Gasteiger partial charge >= 0.3 is 0 Å². The van der Waals surface area contributed by atoms with Crippen LogP contribution in [0, 0.1) is 6.92 Å². The number of aryl methyl sites for hydroxylation is 1. The maximum atomic E-state index is 9.83. The highest BCUT2D eigenvalue weighted by Gasteiger charge is 1.98. The molecule has 0 N–H and O–H groups in total. The summed E-state index contributed by atoms with van der Waals surface area (Å²) in [5.74, 6) is 0.185. The first-order chi connectivity index (χ1) is 3.84. The van der Waals surface area contributed by atoms with Crippen LogP contribution < -0.4 is 0 Å². The molecule has 1 heterocycles. The molecule has 1 rings (SSSR count). The average molecular weight is 110 g/mol. The fourth-order valence-electron chi connectivity index (χ4n) is 0.400. The summed E-state index contributed by atoms with van der Waals surface area (Å²) < 4.78 is 4.58. The Hall–Kier alpha value is -1.12. The monoisotopic (exact) mass is 110 g/mol.